The number of imide groups is 1. The number of nitrogens with zero attached hydrogens (tertiary/aromatic N) is 4. The number of amides is 2. The van der Waals surface area contributed by atoms with Gasteiger partial charge < -0.3 is 0 Å². The lowest BCUT2D eigenvalue weighted by Gasteiger charge is -2.14. The molecule has 32 heavy (non-hydrogen) atoms. The number of benzene rings is 3. The van der Waals surface area contributed by atoms with Gasteiger partial charge in [0.2, 0.25) is 0 Å². The first-order valence-electron chi connectivity index (χ1n) is 9.93. The number of halogens is 1. The zero-order valence-electron chi connectivity index (χ0n) is 16.8. The lowest BCUT2D eigenvalue weighted by atomic mass is 10.1. The molecule has 0 aliphatic carbocycles. The molecule has 8 heteroatoms. The van der Waals surface area contributed by atoms with Crippen molar-refractivity contribution in [2.75, 3.05) is 5.88 Å². The van der Waals surface area contributed by atoms with Crippen LogP contribution in [0.25, 0.3) is 11.4 Å². The smallest absolute Gasteiger partial charge is 0.262 e. The highest BCUT2D eigenvalue weighted by Gasteiger charge is 2.35. The number of rotatable bonds is 6. The van der Waals surface area contributed by atoms with Crippen LogP contribution in [0, 0.1) is 5.82 Å². The molecular weight excluding hydrogens is 427 g/mol. The molecule has 1 aliphatic heterocycles. The van der Waals surface area contributed by atoms with Crippen molar-refractivity contribution in [2.24, 2.45) is 0 Å². The van der Waals surface area contributed by atoms with Crippen LogP contribution in [0.5, 0.6) is 0 Å². The first kappa shape index (κ1) is 20.1. The maximum atomic E-state index is 13.4. The zero-order valence-corrected chi connectivity index (χ0v) is 17.6. The van der Waals surface area contributed by atoms with E-state index in [1.807, 2.05) is 34.9 Å². The summed E-state index contributed by atoms with van der Waals surface area (Å²) in [7, 11) is 0. The Balaban J connectivity index is 1.44. The topological polar surface area (TPSA) is 68.1 Å². The number of carbonyl (C=O) groups is 2. The van der Waals surface area contributed by atoms with E-state index >= 15 is 0 Å². The number of hydrogen-bond donors (Lipinski definition) is 0. The zero-order chi connectivity index (χ0) is 22.1. The van der Waals surface area contributed by atoms with E-state index < -0.39 is 0 Å². The summed E-state index contributed by atoms with van der Waals surface area (Å²) in [5, 5.41) is 9.18. The second-order valence-corrected chi connectivity index (χ2v) is 8.15. The highest BCUT2D eigenvalue weighted by Crippen LogP contribution is 2.29. The molecule has 0 bridgehead atoms. The minimum absolute atomic E-state index is 0.114. The highest BCUT2D eigenvalue weighted by molar-refractivity contribution is 7.99. The lowest BCUT2D eigenvalue weighted by molar-refractivity contribution is 0.0684. The minimum atomic E-state index is -0.330. The molecule has 3 aromatic carbocycles. The van der Waals surface area contributed by atoms with Gasteiger partial charge in [0.05, 0.1) is 23.5 Å². The van der Waals surface area contributed by atoms with E-state index in [1.165, 1.54) is 28.8 Å². The molecule has 0 atom stereocenters. The molecule has 0 unspecified atom stereocenters. The summed E-state index contributed by atoms with van der Waals surface area (Å²) in [6.07, 6.45) is 0. The summed E-state index contributed by atoms with van der Waals surface area (Å²) < 4.78 is 15.3. The summed E-state index contributed by atoms with van der Waals surface area (Å²) in [6.45, 7) is 0.491. The van der Waals surface area contributed by atoms with Crippen LogP contribution in [0.4, 0.5) is 4.39 Å². The Hall–Kier alpha value is -3.78. The fourth-order valence-electron chi connectivity index (χ4n) is 3.60. The predicted octanol–water partition coefficient (Wildman–Crippen LogP) is 4.48. The monoisotopic (exact) mass is 444 g/mol. The van der Waals surface area contributed by atoms with Gasteiger partial charge in [0.1, 0.15) is 5.82 Å². The molecule has 2 heterocycles. The Morgan fingerprint density at radius 1 is 0.781 bits per heavy atom. The number of thioether (sulfide) groups is 1. The summed E-state index contributed by atoms with van der Waals surface area (Å²) >= 11 is 1.26. The molecule has 2 amide bonds. The normalized spacial score (nSPS) is 13.0. The van der Waals surface area contributed by atoms with Crippen molar-refractivity contribution in [3.05, 3.63) is 101 Å². The van der Waals surface area contributed by atoms with Crippen molar-refractivity contribution in [1.82, 2.24) is 19.7 Å². The van der Waals surface area contributed by atoms with Crippen LogP contribution in [-0.2, 0) is 6.54 Å². The Bertz CT molecular complexity index is 1270. The quantitative estimate of drug-likeness (QED) is 0.324. The molecular formula is C24H17FN4O2S. The predicted molar refractivity (Wildman–Crippen MR) is 119 cm³/mol. The van der Waals surface area contributed by atoms with E-state index in [0.717, 1.165) is 11.1 Å². The van der Waals surface area contributed by atoms with Crippen molar-refractivity contribution in [3.63, 3.8) is 0 Å². The average Bonchev–Trinajstić information content (AvgIpc) is 3.32. The van der Waals surface area contributed by atoms with E-state index in [1.54, 1.807) is 36.4 Å². The van der Waals surface area contributed by atoms with Crippen LogP contribution in [0.2, 0.25) is 0 Å². The summed E-state index contributed by atoms with van der Waals surface area (Å²) in [4.78, 5) is 26.6. The van der Waals surface area contributed by atoms with Gasteiger partial charge in [-0.3, -0.25) is 19.1 Å². The first-order chi connectivity index (χ1) is 15.6. The minimum Gasteiger partial charge on any atom is -0.297 e. The van der Waals surface area contributed by atoms with E-state index in [4.69, 9.17) is 0 Å². The molecule has 1 aromatic heterocycles. The van der Waals surface area contributed by atoms with Gasteiger partial charge in [-0.2, -0.15) is 0 Å². The van der Waals surface area contributed by atoms with Crippen LogP contribution in [-0.4, -0.2) is 37.4 Å². The van der Waals surface area contributed by atoms with Crippen molar-refractivity contribution in [1.29, 1.82) is 0 Å². The van der Waals surface area contributed by atoms with Gasteiger partial charge in [0, 0.05) is 5.56 Å². The van der Waals surface area contributed by atoms with Crippen LogP contribution in [0.15, 0.2) is 84.0 Å². The second kappa shape index (κ2) is 8.39. The number of fused-ring (bicyclic) bond motifs is 1. The van der Waals surface area contributed by atoms with E-state index in [0.29, 0.717) is 28.7 Å². The molecule has 0 saturated heterocycles. The van der Waals surface area contributed by atoms with Crippen molar-refractivity contribution < 1.29 is 14.0 Å². The van der Waals surface area contributed by atoms with E-state index in [9.17, 15) is 14.0 Å². The fourth-order valence-corrected chi connectivity index (χ4v) is 4.48. The van der Waals surface area contributed by atoms with Gasteiger partial charge in [0.15, 0.2) is 11.0 Å². The number of aromatic nitrogens is 3. The average molecular weight is 444 g/mol. The summed E-state index contributed by atoms with van der Waals surface area (Å²) in [5.74, 6) is -0.262. The van der Waals surface area contributed by atoms with Crippen LogP contribution < -0.4 is 0 Å². The first-order valence-corrected chi connectivity index (χ1v) is 10.9. The Kier molecular flexibility index (Phi) is 5.28. The third-order valence-electron chi connectivity index (χ3n) is 5.20. The fraction of sp³-hybridized carbons (Fsp3) is 0.0833. The van der Waals surface area contributed by atoms with Gasteiger partial charge in [-0.25, -0.2) is 4.39 Å². The SMILES string of the molecule is O=C1c2ccccc2C(=O)N1CSc1nnc(-c2ccc(F)cc2)n1Cc1ccccc1. The second-order valence-electron chi connectivity index (χ2n) is 7.24. The summed E-state index contributed by atoms with van der Waals surface area (Å²) in [6, 6.07) is 22.7. The lowest BCUT2D eigenvalue weighted by Crippen LogP contribution is -2.29. The molecule has 0 N–H and O–H groups in total. The van der Waals surface area contributed by atoms with Crippen LogP contribution in [0.1, 0.15) is 26.3 Å². The van der Waals surface area contributed by atoms with Crippen LogP contribution >= 0.6 is 11.8 Å². The Morgan fingerprint density at radius 3 is 2.06 bits per heavy atom. The van der Waals surface area contributed by atoms with Gasteiger partial charge in [-0.05, 0) is 42.0 Å². The van der Waals surface area contributed by atoms with Crippen molar-refractivity contribution >= 4 is 23.6 Å². The Labute approximate surface area is 187 Å². The molecule has 4 aromatic rings. The molecule has 1 aliphatic rings. The van der Waals surface area contributed by atoms with Gasteiger partial charge >= 0.3 is 0 Å². The van der Waals surface area contributed by atoms with E-state index in [-0.39, 0.29) is 23.5 Å². The van der Waals surface area contributed by atoms with E-state index in [2.05, 4.69) is 10.2 Å². The molecule has 0 fully saturated rings. The highest BCUT2D eigenvalue weighted by atomic mass is 32.2. The van der Waals surface area contributed by atoms with Crippen LogP contribution in [0.3, 0.4) is 0 Å². The molecule has 0 saturated carbocycles. The molecule has 6 nitrogen and oxygen atoms in total. The van der Waals surface area contributed by atoms with Gasteiger partial charge in [-0.15, -0.1) is 10.2 Å². The summed E-state index contributed by atoms with van der Waals surface area (Å²) in [5.41, 5.74) is 2.59. The maximum absolute atomic E-state index is 13.4. The van der Waals surface area contributed by atoms with Gasteiger partial charge in [0.25, 0.3) is 11.8 Å². The third-order valence-corrected chi connectivity index (χ3v) is 6.15. The molecule has 158 valence electrons. The molecule has 0 radical (unpaired) electrons. The molecule has 0 spiro atoms. The Morgan fingerprint density at radius 2 is 1.41 bits per heavy atom. The number of hydrogen-bond acceptors (Lipinski definition) is 5. The van der Waals surface area contributed by atoms with Crippen molar-refractivity contribution in [3.8, 4) is 11.4 Å². The maximum Gasteiger partial charge on any atom is 0.262 e. The largest absolute Gasteiger partial charge is 0.297 e. The standard InChI is InChI=1S/C24H17FN4O2S/c25-18-12-10-17(11-13-18)21-26-27-24(28(21)14-16-6-2-1-3-7-16)32-15-29-22(30)19-8-4-5-9-20(19)23(29)31/h1-13H,14-15H2. The van der Waals surface area contributed by atoms with Gasteiger partial charge in [-0.1, -0.05) is 54.2 Å². The van der Waals surface area contributed by atoms with Crippen molar-refractivity contribution in [2.45, 2.75) is 11.7 Å². The molecule has 5 rings (SSSR count). The number of carbonyl (C=O) groups excluding carboxylic acids is 2. The third kappa shape index (κ3) is 3.69.